The molecule has 0 spiro atoms. The van der Waals surface area contributed by atoms with Crippen molar-refractivity contribution in [2.45, 2.75) is 10.6 Å². The standard InChI is InChI=1S/C13H10BrF2NS/c14-10-6-8(17)4-5-13(10)18-7-9-11(15)2-1-3-12(9)16/h1-6H,7,17H2. The van der Waals surface area contributed by atoms with Gasteiger partial charge in [0.2, 0.25) is 0 Å². The summed E-state index contributed by atoms with van der Waals surface area (Å²) in [5, 5.41) is 0. The number of nitrogens with two attached hydrogens (primary N) is 1. The molecule has 0 fully saturated rings. The summed E-state index contributed by atoms with van der Waals surface area (Å²) in [6.07, 6.45) is 0. The predicted octanol–water partition coefficient (Wildman–Crippen LogP) is 4.60. The summed E-state index contributed by atoms with van der Waals surface area (Å²) in [5.74, 6) is -0.802. The maximum Gasteiger partial charge on any atom is 0.130 e. The molecule has 2 N–H and O–H groups in total. The first-order valence-electron chi connectivity index (χ1n) is 5.18. The molecular formula is C13H10BrF2NS. The van der Waals surface area contributed by atoms with E-state index in [4.69, 9.17) is 5.73 Å². The van der Waals surface area contributed by atoms with Crippen LogP contribution >= 0.6 is 27.7 Å². The molecule has 2 aromatic carbocycles. The summed E-state index contributed by atoms with van der Waals surface area (Å²) >= 11 is 4.72. The van der Waals surface area contributed by atoms with Crippen LogP contribution < -0.4 is 5.73 Å². The van der Waals surface area contributed by atoms with Crippen molar-refractivity contribution in [2.75, 3.05) is 5.73 Å². The molecule has 0 bridgehead atoms. The summed E-state index contributed by atoms with van der Waals surface area (Å²) < 4.78 is 27.7. The second kappa shape index (κ2) is 5.71. The van der Waals surface area contributed by atoms with Gasteiger partial charge in [0.05, 0.1) is 0 Å². The molecule has 0 unspecified atom stereocenters. The third-order valence-corrected chi connectivity index (χ3v) is 4.41. The lowest BCUT2D eigenvalue weighted by Crippen LogP contribution is -1.93. The van der Waals surface area contributed by atoms with Crippen LogP contribution in [0.3, 0.4) is 0 Å². The van der Waals surface area contributed by atoms with Gasteiger partial charge in [0.1, 0.15) is 11.6 Å². The van der Waals surface area contributed by atoms with Crippen molar-refractivity contribution >= 4 is 33.4 Å². The molecule has 0 aliphatic carbocycles. The SMILES string of the molecule is Nc1ccc(SCc2c(F)cccc2F)c(Br)c1. The van der Waals surface area contributed by atoms with Crippen LogP contribution in [0.2, 0.25) is 0 Å². The van der Waals surface area contributed by atoms with Crippen LogP contribution in [-0.2, 0) is 5.75 Å². The van der Waals surface area contributed by atoms with Crippen molar-refractivity contribution in [3.05, 3.63) is 58.1 Å². The highest BCUT2D eigenvalue weighted by Crippen LogP contribution is 2.32. The Hall–Kier alpha value is -1.07. The summed E-state index contributed by atoms with van der Waals surface area (Å²) in [6.45, 7) is 0. The van der Waals surface area contributed by atoms with E-state index in [0.29, 0.717) is 5.69 Å². The Morgan fingerprint density at radius 1 is 1.11 bits per heavy atom. The second-order valence-electron chi connectivity index (χ2n) is 3.68. The predicted molar refractivity (Wildman–Crippen MR) is 74.5 cm³/mol. The zero-order chi connectivity index (χ0) is 13.1. The van der Waals surface area contributed by atoms with E-state index in [1.54, 1.807) is 12.1 Å². The third-order valence-electron chi connectivity index (χ3n) is 2.39. The molecule has 0 amide bonds. The van der Waals surface area contributed by atoms with Gasteiger partial charge in [-0.3, -0.25) is 0 Å². The van der Waals surface area contributed by atoms with E-state index in [9.17, 15) is 8.78 Å². The molecule has 0 saturated carbocycles. The molecule has 18 heavy (non-hydrogen) atoms. The average molecular weight is 330 g/mol. The number of halogens is 3. The van der Waals surface area contributed by atoms with Gasteiger partial charge in [0, 0.05) is 26.4 Å². The summed E-state index contributed by atoms with van der Waals surface area (Å²) in [5.41, 5.74) is 6.35. The lowest BCUT2D eigenvalue weighted by molar-refractivity contribution is 0.566. The topological polar surface area (TPSA) is 26.0 Å². The van der Waals surface area contributed by atoms with Gasteiger partial charge in [-0.05, 0) is 46.3 Å². The van der Waals surface area contributed by atoms with Crippen LogP contribution in [0.15, 0.2) is 45.8 Å². The van der Waals surface area contributed by atoms with Gasteiger partial charge < -0.3 is 5.73 Å². The Morgan fingerprint density at radius 2 is 1.78 bits per heavy atom. The van der Waals surface area contributed by atoms with Gasteiger partial charge in [-0.1, -0.05) is 6.07 Å². The molecular weight excluding hydrogens is 320 g/mol. The molecule has 5 heteroatoms. The highest BCUT2D eigenvalue weighted by molar-refractivity contribution is 9.10. The monoisotopic (exact) mass is 329 g/mol. The third kappa shape index (κ3) is 3.03. The van der Waals surface area contributed by atoms with Crippen LogP contribution in [0, 0.1) is 11.6 Å². The lowest BCUT2D eigenvalue weighted by Gasteiger charge is -2.07. The summed E-state index contributed by atoms with van der Waals surface area (Å²) in [6, 6.07) is 9.22. The quantitative estimate of drug-likeness (QED) is 0.657. The van der Waals surface area contributed by atoms with E-state index in [2.05, 4.69) is 15.9 Å². The minimum atomic E-state index is -0.519. The zero-order valence-corrected chi connectivity index (χ0v) is 11.7. The minimum absolute atomic E-state index is 0.0891. The second-order valence-corrected chi connectivity index (χ2v) is 5.55. The van der Waals surface area contributed by atoms with Crippen LogP contribution in [-0.4, -0.2) is 0 Å². The van der Waals surface area contributed by atoms with Crippen molar-refractivity contribution in [1.82, 2.24) is 0 Å². The van der Waals surface area contributed by atoms with Gasteiger partial charge in [-0.2, -0.15) is 0 Å². The van der Waals surface area contributed by atoms with Crippen LogP contribution in [0.25, 0.3) is 0 Å². The Kier molecular flexibility index (Phi) is 4.24. The highest BCUT2D eigenvalue weighted by atomic mass is 79.9. The molecule has 0 saturated heterocycles. The number of rotatable bonds is 3. The van der Waals surface area contributed by atoms with Crippen LogP contribution in [0.1, 0.15) is 5.56 Å². The molecule has 94 valence electrons. The maximum absolute atomic E-state index is 13.4. The van der Waals surface area contributed by atoms with E-state index in [1.807, 2.05) is 6.07 Å². The van der Waals surface area contributed by atoms with E-state index in [-0.39, 0.29) is 11.3 Å². The van der Waals surface area contributed by atoms with E-state index in [0.717, 1.165) is 9.37 Å². The largest absolute Gasteiger partial charge is 0.399 e. The first-order chi connectivity index (χ1) is 8.58. The van der Waals surface area contributed by atoms with Crippen molar-refractivity contribution in [3.63, 3.8) is 0 Å². The van der Waals surface area contributed by atoms with Crippen molar-refractivity contribution < 1.29 is 8.78 Å². The Balaban J connectivity index is 2.16. The van der Waals surface area contributed by atoms with Gasteiger partial charge >= 0.3 is 0 Å². The fourth-order valence-corrected chi connectivity index (χ4v) is 3.13. The number of thioether (sulfide) groups is 1. The molecule has 0 aliphatic rings. The smallest absolute Gasteiger partial charge is 0.130 e. The van der Waals surface area contributed by atoms with Gasteiger partial charge in [0.15, 0.2) is 0 Å². The minimum Gasteiger partial charge on any atom is -0.399 e. The first-order valence-corrected chi connectivity index (χ1v) is 6.96. The maximum atomic E-state index is 13.4. The van der Waals surface area contributed by atoms with Crippen molar-refractivity contribution in [1.29, 1.82) is 0 Å². The molecule has 1 nitrogen and oxygen atoms in total. The van der Waals surface area contributed by atoms with Crippen LogP contribution in [0.5, 0.6) is 0 Å². The van der Waals surface area contributed by atoms with Gasteiger partial charge in [0.25, 0.3) is 0 Å². The van der Waals surface area contributed by atoms with E-state index in [1.165, 1.54) is 30.0 Å². The highest BCUT2D eigenvalue weighted by Gasteiger charge is 2.09. The lowest BCUT2D eigenvalue weighted by atomic mass is 10.2. The van der Waals surface area contributed by atoms with E-state index >= 15 is 0 Å². The molecule has 2 rings (SSSR count). The Labute approximate surface area is 117 Å². The number of anilines is 1. The summed E-state index contributed by atoms with van der Waals surface area (Å²) in [4.78, 5) is 0.895. The number of benzene rings is 2. The average Bonchev–Trinajstić information content (AvgIpc) is 2.31. The summed E-state index contributed by atoms with van der Waals surface area (Å²) in [7, 11) is 0. The first kappa shape index (κ1) is 13.4. The van der Waals surface area contributed by atoms with Gasteiger partial charge in [-0.15, -0.1) is 11.8 Å². The molecule has 0 radical (unpaired) electrons. The molecule has 0 heterocycles. The van der Waals surface area contributed by atoms with E-state index < -0.39 is 11.6 Å². The number of nitrogen functional groups attached to an aromatic ring is 1. The zero-order valence-electron chi connectivity index (χ0n) is 9.29. The molecule has 2 aromatic rings. The normalized spacial score (nSPS) is 10.6. The Morgan fingerprint density at radius 3 is 2.39 bits per heavy atom. The van der Waals surface area contributed by atoms with Crippen LogP contribution in [0.4, 0.5) is 14.5 Å². The number of hydrogen-bond acceptors (Lipinski definition) is 2. The fourth-order valence-electron chi connectivity index (χ4n) is 1.45. The Bertz CT molecular complexity index is 555. The molecule has 0 aliphatic heterocycles. The van der Waals surface area contributed by atoms with Crippen molar-refractivity contribution in [2.24, 2.45) is 0 Å². The number of hydrogen-bond donors (Lipinski definition) is 1. The van der Waals surface area contributed by atoms with Gasteiger partial charge in [-0.25, -0.2) is 8.78 Å². The van der Waals surface area contributed by atoms with Crippen molar-refractivity contribution in [3.8, 4) is 0 Å². The molecule has 0 aromatic heterocycles. The fraction of sp³-hybridized carbons (Fsp3) is 0.0769. The molecule has 0 atom stereocenters.